The highest BCUT2D eigenvalue weighted by molar-refractivity contribution is 5.91. The van der Waals surface area contributed by atoms with Gasteiger partial charge in [-0.25, -0.2) is 0 Å². The van der Waals surface area contributed by atoms with Gasteiger partial charge in [-0.3, -0.25) is 4.90 Å². The van der Waals surface area contributed by atoms with Crippen molar-refractivity contribution in [3.8, 4) is 5.75 Å². The van der Waals surface area contributed by atoms with Gasteiger partial charge in [0.1, 0.15) is 5.75 Å². The van der Waals surface area contributed by atoms with Crippen molar-refractivity contribution in [1.29, 1.82) is 0 Å². The van der Waals surface area contributed by atoms with E-state index >= 15 is 0 Å². The third-order valence-corrected chi connectivity index (χ3v) is 4.51. The van der Waals surface area contributed by atoms with E-state index in [-0.39, 0.29) is 0 Å². The van der Waals surface area contributed by atoms with Crippen molar-refractivity contribution in [1.82, 2.24) is 4.90 Å². The van der Waals surface area contributed by atoms with Crippen LogP contribution in [0.5, 0.6) is 5.75 Å². The Labute approximate surface area is 121 Å². The van der Waals surface area contributed by atoms with Crippen LogP contribution in [0.3, 0.4) is 0 Å². The van der Waals surface area contributed by atoms with E-state index in [4.69, 9.17) is 4.74 Å². The Morgan fingerprint density at radius 1 is 1.10 bits per heavy atom. The van der Waals surface area contributed by atoms with Crippen molar-refractivity contribution in [2.45, 2.75) is 38.8 Å². The van der Waals surface area contributed by atoms with Gasteiger partial charge in [-0.05, 0) is 43.3 Å². The minimum atomic E-state index is 0.699. The molecule has 106 valence electrons. The summed E-state index contributed by atoms with van der Waals surface area (Å²) in [4.78, 5) is 2.61. The molecule has 0 amide bonds. The normalized spacial score (nSPS) is 20.2. The Kier molecular flexibility index (Phi) is 3.93. The van der Waals surface area contributed by atoms with Crippen LogP contribution < -0.4 is 4.74 Å². The molecule has 1 saturated heterocycles. The number of benzene rings is 2. The van der Waals surface area contributed by atoms with Gasteiger partial charge < -0.3 is 4.74 Å². The molecule has 1 atom stereocenters. The number of methoxy groups -OCH3 is 1. The molecule has 2 nitrogen and oxygen atoms in total. The molecule has 1 aliphatic rings. The zero-order chi connectivity index (χ0) is 13.9. The van der Waals surface area contributed by atoms with Crippen LogP contribution in [0.25, 0.3) is 10.8 Å². The van der Waals surface area contributed by atoms with Crippen LogP contribution in [0.1, 0.15) is 31.7 Å². The predicted octanol–water partition coefficient (Wildman–Crippen LogP) is 4.22. The first-order valence-electron chi connectivity index (χ1n) is 7.58. The van der Waals surface area contributed by atoms with Crippen LogP contribution in [0, 0.1) is 0 Å². The lowest BCUT2D eigenvalue weighted by atomic mass is 9.99. The van der Waals surface area contributed by atoms with Gasteiger partial charge in [0.15, 0.2) is 0 Å². The third kappa shape index (κ3) is 2.53. The number of hydrogen-bond donors (Lipinski definition) is 0. The molecule has 0 radical (unpaired) electrons. The molecule has 0 unspecified atom stereocenters. The van der Waals surface area contributed by atoms with E-state index in [1.54, 1.807) is 7.11 Å². The summed E-state index contributed by atoms with van der Waals surface area (Å²) >= 11 is 0. The van der Waals surface area contributed by atoms with Crippen molar-refractivity contribution >= 4 is 10.8 Å². The molecule has 2 aromatic carbocycles. The summed E-state index contributed by atoms with van der Waals surface area (Å²) in [6.07, 6.45) is 4.04. The van der Waals surface area contributed by atoms with Gasteiger partial charge in [0.2, 0.25) is 0 Å². The van der Waals surface area contributed by atoms with Crippen molar-refractivity contribution in [3.63, 3.8) is 0 Å². The largest absolute Gasteiger partial charge is 0.496 e. The van der Waals surface area contributed by atoms with E-state index in [0.717, 1.165) is 12.3 Å². The smallest absolute Gasteiger partial charge is 0.126 e. The van der Waals surface area contributed by atoms with E-state index in [9.17, 15) is 0 Å². The van der Waals surface area contributed by atoms with Gasteiger partial charge in [0, 0.05) is 18.0 Å². The zero-order valence-electron chi connectivity index (χ0n) is 12.4. The molecule has 0 aliphatic carbocycles. The molecule has 1 fully saturated rings. The number of nitrogens with zero attached hydrogens (tertiary/aromatic N) is 1. The molecule has 2 heteroatoms. The highest BCUT2D eigenvalue weighted by atomic mass is 16.5. The first kappa shape index (κ1) is 13.4. The summed E-state index contributed by atoms with van der Waals surface area (Å²) in [5.74, 6) is 0.969. The Bertz CT molecular complexity index is 593. The summed E-state index contributed by atoms with van der Waals surface area (Å²) in [7, 11) is 1.74. The number of hydrogen-bond acceptors (Lipinski definition) is 2. The monoisotopic (exact) mass is 269 g/mol. The van der Waals surface area contributed by atoms with Crippen molar-refractivity contribution in [2.75, 3.05) is 13.7 Å². The van der Waals surface area contributed by atoms with Gasteiger partial charge in [0.25, 0.3) is 0 Å². The number of ether oxygens (including phenoxy) is 1. The second-order valence-corrected chi connectivity index (χ2v) is 5.79. The third-order valence-electron chi connectivity index (χ3n) is 4.51. The standard InChI is InChI=1S/C18H23NO/c1-14-7-5-6-12-19(14)13-15-10-11-18(20-2)17-9-4-3-8-16(15)17/h3-4,8-11,14H,5-7,12-13H2,1-2H3/t14-/m1/s1. The van der Waals surface area contributed by atoms with Gasteiger partial charge in [-0.15, -0.1) is 0 Å². The van der Waals surface area contributed by atoms with E-state index in [1.807, 2.05) is 0 Å². The summed E-state index contributed by atoms with van der Waals surface area (Å²) in [6, 6.07) is 13.6. The Balaban J connectivity index is 1.95. The lowest BCUT2D eigenvalue weighted by Crippen LogP contribution is -2.36. The van der Waals surface area contributed by atoms with Crippen LogP contribution in [-0.4, -0.2) is 24.6 Å². The summed E-state index contributed by atoms with van der Waals surface area (Å²) in [5.41, 5.74) is 1.41. The van der Waals surface area contributed by atoms with Gasteiger partial charge in [-0.1, -0.05) is 36.8 Å². The average Bonchev–Trinajstić information content (AvgIpc) is 2.50. The molecular formula is C18H23NO. The fourth-order valence-corrected chi connectivity index (χ4v) is 3.26. The minimum absolute atomic E-state index is 0.699. The Morgan fingerprint density at radius 2 is 1.90 bits per heavy atom. The Hall–Kier alpha value is -1.54. The molecule has 1 heterocycles. The summed E-state index contributed by atoms with van der Waals surface area (Å²) < 4.78 is 5.48. The maximum atomic E-state index is 5.48. The molecule has 0 aromatic heterocycles. The topological polar surface area (TPSA) is 12.5 Å². The number of piperidine rings is 1. The molecule has 1 aliphatic heterocycles. The van der Waals surface area contributed by atoms with Gasteiger partial charge in [-0.2, -0.15) is 0 Å². The van der Waals surface area contributed by atoms with Crippen molar-refractivity contribution < 1.29 is 4.74 Å². The number of rotatable bonds is 3. The van der Waals surface area contributed by atoms with E-state index in [2.05, 4.69) is 48.2 Å². The quantitative estimate of drug-likeness (QED) is 0.827. The van der Waals surface area contributed by atoms with Crippen LogP contribution in [0.2, 0.25) is 0 Å². The minimum Gasteiger partial charge on any atom is -0.496 e. The highest BCUT2D eigenvalue weighted by Crippen LogP contribution is 2.30. The van der Waals surface area contributed by atoms with Gasteiger partial charge >= 0.3 is 0 Å². The highest BCUT2D eigenvalue weighted by Gasteiger charge is 2.19. The van der Waals surface area contributed by atoms with Crippen LogP contribution >= 0.6 is 0 Å². The van der Waals surface area contributed by atoms with Crippen molar-refractivity contribution in [3.05, 3.63) is 42.0 Å². The molecule has 3 rings (SSSR count). The first-order chi connectivity index (χ1) is 9.79. The summed E-state index contributed by atoms with van der Waals surface area (Å²) in [5, 5.41) is 2.54. The number of fused-ring (bicyclic) bond motifs is 1. The van der Waals surface area contributed by atoms with E-state index in [0.29, 0.717) is 6.04 Å². The van der Waals surface area contributed by atoms with E-state index in [1.165, 1.54) is 42.1 Å². The molecule has 2 aromatic rings. The lowest BCUT2D eigenvalue weighted by Gasteiger charge is -2.33. The SMILES string of the molecule is COc1ccc(CN2CCCC[C@H]2C)c2ccccc12. The maximum absolute atomic E-state index is 5.48. The fraction of sp³-hybridized carbons (Fsp3) is 0.444. The molecule has 0 saturated carbocycles. The second kappa shape index (κ2) is 5.84. The maximum Gasteiger partial charge on any atom is 0.126 e. The van der Waals surface area contributed by atoms with Crippen molar-refractivity contribution in [2.24, 2.45) is 0 Å². The lowest BCUT2D eigenvalue weighted by molar-refractivity contribution is 0.153. The van der Waals surface area contributed by atoms with Gasteiger partial charge in [0.05, 0.1) is 7.11 Å². The predicted molar refractivity (Wildman–Crippen MR) is 84.2 cm³/mol. The number of likely N-dealkylation sites (tertiary alicyclic amines) is 1. The average molecular weight is 269 g/mol. The first-order valence-corrected chi connectivity index (χ1v) is 7.58. The molecule has 0 spiro atoms. The molecular weight excluding hydrogens is 246 g/mol. The van der Waals surface area contributed by atoms with E-state index < -0.39 is 0 Å². The van der Waals surface area contributed by atoms with Crippen LogP contribution in [0.4, 0.5) is 0 Å². The fourth-order valence-electron chi connectivity index (χ4n) is 3.26. The molecule has 0 N–H and O–H groups in total. The zero-order valence-corrected chi connectivity index (χ0v) is 12.4. The second-order valence-electron chi connectivity index (χ2n) is 5.79. The summed E-state index contributed by atoms with van der Waals surface area (Å²) in [6.45, 7) is 4.62. The van der Waals surface area contributed by atoms with Crippen LogP contribution in [-0.2, 0) is 6.54 Å². The van der Waals surface area contributed by atoms with Crippen LogP contribution in [0.15, 0.2) is 36.4 Å². The molecule has 20 heavy (non-hydrogen) atoms. The Morgan fingerprint density at radius 3 is 2.65 bits per heavy atom. The molecule has 0 bridgehead atoms.